The van der Waals surface area contributed by atoms with Crippen LogP contribution >= 0.6 is 11.3 Å². The molecule has 0 aromatic carbocycles. The van der Waals surface area contributed by atoms with Gasteiger partial charge in [-0.3, -0.25) is 4.79 Å². The first kappa shape index (κ1) is 15.9. The number of hydrogen-bond acceptors (Lipinski definition) is 5. The van der Waals surface area contributed by atoms with Crippen LogP contribution in [0.2, 0.25) is 0 Å². The van der Waals surface area contributed by atoms with Crippen molar-refractivity contribution in [1.82, 2.24) is 15.6 Å². The van der Waals surface area contributed by atoms with Crippen LogP contribution in [-0.2, 0) is 16.0 Å². The zero-order chi connectivity index (χ0) is 15.0. The van der Waals surface area contributed by atoms with E-state index in [-0.39, 0.29) is 12.8 Å². The number of carboxylic acid groups (broad SMARTS) is 2. The van der Waals surface area contributed by atoms with E-state index in [1.54, 1.807) is 6.20 Å². The molecule has 0 saturated heterocycles. The molecule has 0 aliphatic carbocycles. The van der Waals surface area contributed by atoms with Gasteiger partial charge in [-0.25, -0.2) is 14.6 Å². The number of carbonyl (C=O) groups is 3. The van der Waals surface area contributed by atoms with Crippen molar-refractivity contribution in [2.45, 2.75) is 25.3 Å². The molecular formula is C11H15N3O5S. The SMILES string of the molecule is O=C(O)CCC(NC(=O)NCCc1nccs1)C(=O)O. The standard InChI is InChI=1S/C11H15N3O5S/c15-9(16)2-1-7(10(17)18)14-11(19)13-4-3-8-12-5-6-20-8/h5-7H,1-4H2,(H,15,16)(H,17,18)(H2,13,14,19). The summed E-state index contributed by atoms with van der Waals surface area (Å²) in [7, 11) is 0. The maximum Gasteiger partial charge on any atom is 0.326 e. The lowest BCUT2D eigenvalue weighted by molar-refractivity contribution is -0.140. The topological polar surface area (TPSA) is 129 Å². The van der Waals surface area contributed by atoms with Crippen LogP contribution < -0.4 is 10.6 Å². The second kappa shape index (κ2) is 8.10. The van der Waals surface area contributed by atoms with E-state index < -0.39 is 24.0 Å². The van der Waals surface area contributed by atoms with E-state index in [1.807, 2.05) is 5.38 Å². The second-order valence-electron chi connectivity index (χ2n) is 3.90. The van der Waals surface area contributed by atoms with Gasteiger partial charge in [0.2, 0.25) is 0 Å². The zero-order valence-corrected chi connectivity index (χ0v) is 11.4. The number of carboxylic acids is 2. The smallest absolute Gasteiger partial charge is 0.326 e. The van der Waals surface area contributed by atoms with Gasteiger partial charge >= 0.3 is 18.0 Å². The van der Waals surface area contributed by atoms with Crippen molar-refractivity contribution >= 4 is 29.3 Å². The van der Waals surface area contributed by atoms with E-state index in [1.165, 1.54) is 11.3 Å². The molecule has 0 bridgehead atoms. The number of carbonyl (C=O) groups excluding carboxylic acids is 1. The van der Waals surface area contributed by atoms with Gasteiger partial charge in [0.1, 0.15) is 6.04 Å². The molecule has 8 nitrogen and oxygen atoms in total. The van der Waals surface area contributed by atoms with Gasteiger partial charge in [0.05, 0.1) is 5.01 Å². The lowest BCUT2D eigenvalue weighted by Crippen LogP contribution is -2.46. The van der Waals surface area contributed by atoms with Gasteiger partial charge < -0.3 is 20.8 Å². The Hall–Kier alpha value is -2.16. The molecule has 1 unspecified atom stereocenters. The van der Waals surface area contributed by atoms with Crippen molar-refractivity contribution in [3.05, 3.63) is 16.6 Å². The number of thiazole rings is 1. The van der Waals surface area contributed by atoms with E-state index in [4.69, 9.17) is 10.2 Å². The molecule has 0 aliphatic heterocycles. The molecule has 9 heteroatoms. The molecule has 1 aromatic rings. The highest BCUT2D eigenvalue weighted by Crippen LogP contribution is 2.03. The molecule has 1 atom stereocenters. The number of amides is 2. The summed E-state index contributed by atoms with van der Waals surface area (Å²) in [5.41, 5.74) is 0. The minimum absolute atomic E-state index is 0.162. The number of aliphatic carboxylic acids is 2. The first-order valence-corrected chi connectivity index (χ1v) is 6.74. The maximum atomic E-state index is 11.5. The summed E-state index contributed by atoms with van der Waals surface area (Å²) >= 11 is 1.46. The predicted octanol–water partition coefficient (Wildman–Crippen LogP) is 0.303. The van der Waals surface area contributed by atoms with Crippen LogP contribution in [0.15, 0.2) is 11.6 Å². The Morgan fingerprint density at radius 2 is 2.10 bits per heavy atom. The van der Waals surface area contributed by atoms with Gasteiger partial charge in [0.25, 0.3) is 0 Å². The highest BCUT2D eigenvalue weighted by Gasteiger charge is 2.20. The summed E-state index contributed by atoms with van der Waals surface area (Å²) in [6, 6.07) is -1.86. The maximum absolute atomic E-state index is 11.5. The van der Waals surface area contributed by atoms with E-state index in [0.29, 0.717) is 13.0 Å². The molecule has 0 fully saturated rings. The van der Waals surface area contributed by atoms with Gasteiger partial charge in [0.15, 0.2) is 0 Å². The molecular weight excluding hydrogens is 286 g/mol. The number of nitrogens with zero attached hydrogens (tertiary/aromatic N) is 1. The average Bonchev–Trinajstić information content (AvgIpc) is 2.87. The largest absolute Gasteiger partial charge is 0.481 e. The van der Waals surface area contributed by atoms with Crippen LogP contribution in [0.4, 0.5) is 4.79 Å². The van der Waals surface area contributed by atoms with Crippen LogP contribution in [0.3, 0.4) is 0 Å². The zero-order valence-electron chi connectivity index (χ0n) is 10.5. The van der Waals surface area contributed by atoms with Gasteiger partial charge in [-0.2, -0.15) is 0 Å². The van der Waals surface area contributed by atoms with Crippen molar-refractivity contribution < 1.29 is 24.6 Å². The molecule has 1 heterocycles. The fourth-order valence-corrected chi connectivity index (χ4v) is 2.01. The molecule has 2 amide bonds. The molecule has 4 N–H and O–H groups in total. The summed E-state index contributed by atoms with van der Waals surface area (Å²) in [6.45, 7) is 0.324. The average molecular weight is 301 g/mol. The van der Waals surface area contributed by atoms with Gasteiger partial charge in [-0.1, -0.05) is 0 Å². The Kier molecular flexibility index (Phi) is 6.44. The molecule has 0 spiro atoms. The summed E-state index contributed by atoms with van der Waals surface area (Å²) in [5.74, 6) is -2.37. The highest BCUT2D eigenvalue weighted by atomic mass is 32.1. The van der Waals surface area contributed by atoms with Crippen molar-refractivity contribution in [2.24, 2.45) is 0 Å². The monoisotopic (exact) mass is 301 g/mol. The van der Waals surface area contributed by atoms with Crippen LogP contribution in [-0.4, -0.2) is 45.8 Å². The van der Waals surface area contributed by atoms with Crippen LogP contribution in [0.25, 0.3) is 0 Å². The predicted molar refractivity (Wildman–Crippen MR) is 70.6 cm³/mol. The fraction of sp³-hybridized carbons (Fsp3) is 0.455. The van der Waals surface area contributed by atoms with E-state index in [0.717, 1.165) is 5.01 Å². The third-order valence-corrected chi connectivity index (χ3v) is 3.20. The second-order valence-corrected chi connectivity index (χ2v) is 4.88. The number of aromatic nitrogens is 1. The molecule has 1 rings (SSSR count). The van der Waals surface area contributed by atoms with E-state index in [2.05, 4.69) is 15.6 Å². The molecule has 1 aromatic heterocycles. The summed E-state index contributed by atoms with van der Waals surface area (Å²) in [5, 5.41) is 24.8. The Morgan fingerprint density at radius 3 is 2.65 bits per heavy atom. The third kappa shape index (κ3) is 6.14. The Labute approximate surface area is 118 Å². The summed E-state index contributed by atoms with van der Waals surface area (Å²) in [4.78, 5) is 36.8. The van der Waals surface area contributed by atoms with E-state index in [9.17, 15) is 14.4 Å². The van der Waals surface area contributed by atoms with Gasteiger partial charge in [0, 0.05) is 31.0 Å². The lowest BCUT2D eigenvalue weighted by Gasteiger charge is -2.14. The number of hydrogen-bond donors (Lipinski definition) is 4. The van der Waals surface area contributed by atoms with Gasteiger partial charge in [-0.05, 0) is 6.42 Å². The van der Waals surface area contributed by atoms with Crippen molar-refractivity contribution in [1.29, 1.82) is 0 Å². The van der Waals surface area contributed by atoms with Crippen molar-refractivity contribution in [3.63, 3.8) is 0 Å². The van der Waals surface area contributed by atoms with Gasteiger partial charge in [-0.15, -0.1) is 11.3 Å². The molecule has 0 saturated carbocycles. The van der Waals surface area contributed by atoms with Crippen molar-refractivity contribution in [3.8, 4) is 0 Å². The quantitative estimate of drug-likeness (QED) is 0.546. The first-order valence-electron chi connectivity index (χ1n) is 5.86. The lowest BCUT2D eigenvalue weighted by atomic mass is 10.1. The summed E-state index contributed by atoms with van der Waals surface area (Å²) < 4.78 is 0. The third-order valence-electron chi connectivity index (χ3n) is 2.36. The van der Waals surface area contributed by atoms with Crippen molar-refractivity contribution in [2.75, 3.05) is 6.54 Å². The van der Waals surface area contributed by atoms with Crippen LogP contribution in [0.1, 0.15) is 17.8 Å². The normalized spacial score (nSPS) is 11.6. The molecule has 20 heavy (non-hydrogen) atoms. The highest BCUT2D eigenvalue weighted by molar-refractivity contribution is 7.09. The molecule has 0 radical (unpaired) electrons. The van der Waals surface area contributed by atoms with E-state index >= 15 is 0 Å². The number of urea groups is 1. The Morgan fingerprint density at radius 1 is 1.35 bits per heavy atom. The Balaban J connectivity index is 2.30. The fourth-order valence-electron chi connectivity index (χ4n) is 1.39. The first-order chi connectivity index (χ1) is 9.49. The Bertz CT molecular complexity index is 463. The van der Waals surface area contributed by atoms with Crippen LogP contribution in [0, 0.1) is 0 Å². The minimum atomic E-state index is -1.26. The number of rotatable bonds is 8. The number of nitrogens with one attached hydrogen (secondary N) is 2. The molecule has 0 aliphatic rings. The molecule has 110 valence electrons. The van der Waals surface area contributed by atoms with Crippen LogP contribution in [0.5, 0.6) is 0 Å². The summed E-state index contributed by atoms with van der Waals surface area (Å²) in [6.07, 6.45) is 1.73. The minimum Gasteiger partial charge on any atom is -0.481 e.